The van der Waals surface area contributed by atoms with Gasteiger partial charge in [-0.3, -0.25) is 4.99 Å². The first-order valence-electron chi connectivity index (χ1n) is 8.45. The van der Waals surface area contributed by atoms with E-state index in [-0.39, 0.29) is 35.2 Å². The molecule has 1 saturated carbocycles. The highest BCUT2D eigenvalue weighted by Gasteiger charge is 2.44. The first-order valence-corrected chi connectivity index (χ1v) is 9.25. The number of nitriles is 1. The highest BCUT2D eigenvalue weighted by atomic mass is 127. The molecule has 0 radical (unpaired) electrons. The molecule has 0 atom stereocenters. The molecule has 4 nitrogen and oxygen atoms in total. The van der Waals surface area contributed by atoms with Crippen LogP contribution in [-0.4, -0.2) is 19.6 Å². The van der Waals surface area contributed by atoms with Crippen LogP contribution in [0.1, 0.15) is 29.5 Å². The molecule has 1 fully saturated rings. The fourth-order valence-corrected chi connectivity index (χ4v) is 3.35. The van der Waals surface area contributed by atoms with Gasteiger partial charge in [0.05, 0.1) is 11.6 Å². The molecule has 7 heteroatoms. The molecule has 0 amide bonds. The van der Waals surface area contributed by atoms with E-state index >= 15 is 0 Å². The van der Waals surface area contributed by atoms with Crippen LogP contribution in [0.15, 0.2) is 51.9 Å². The summed E-state index contributed by atoms with van der Waals surface area (Å²) in [6.07, 6.45) is 2.27. The van der Waals surface area contributed by atoms with E-state index in [1.807, 2.05) is 12.1 Å². The molecule has 142 valence electrons. The summed E-state index contributed by atoms with van der Waals surface area (Å²) >= 11 is 3.53. The normalized spacial score (nSPS) is 14.7. The third-order valence-electron chi connectivity index (χ3n) is 4.74. The zero-order valence-electron chi connectivity index (χ0n) is 14.9. The van der Waals surface area contributed by atoms with Crippen LogP contribution in [0.5, 0.6) is 0 Å². The van der Waals surface area contributed by atoms with Crippen LogP contribution >= 0.6 is 39.9 Å². The molecule has 2 aromatic rings. The number of hydrogen-bond acceptors (Lipinski definition) is 2. The summed E-state index contributed by atoms with van der Waals surface area (Å²) in [4.78, 5) is 4.22. The second kappa shape index (κ2) is 9.51. The summed E-state index contributed by atoms with van der Waals surface area (Å²) in [5.74, 6) is 0.245. The fourth-order valence-electron chi connectivity index (χ4n) is 2.95. The van der Waals surface area contributed by atoms with Crippen molar-refractivity contribution in [1.82, 2.24) is 10.6 Å². The van der Waals surface area contributed by atoms with Crippen molar-refractivity contribution in [3.8, 4) is 6.07 Å². The maximum Gasteiger partial charge on any atom is 0.191 e. The van der Waals surface area contributed by atoms with E-state index < -0.39 is 0 Å². The van der Waals surface area contributed by atoms with Gasteiger partial charge in [0.25, 0.3) is 0 Å². The van der Waals surface area contributed by atoms with Crippen LogP contribution in [0, 0.1) is 17.1 Å². The van der Waals surface area contributed by atoms with Crippen LogP contribution in [0.2, 0.25) is 0 Å². The quantitative estimate of drug-likeness (QED) is 0.333. The maximum absolute atomic E-state index is 14.0. The standard InChI is InChI=1S/C20H20BrFN4.HI/c1-24-19(25-12-15-6-5-14(11-23)9-18(15)22)26-13-20(7-8-20)16-3-2-4-17(21)10-16;/h2-6,9-10H,7-8,12-13H2,1H3,(H2,24,25,26);1H. The summed E-state index contributed by atoms with van der Waals surface area (Å²) in [6.45, 7) is 1.08. The van der Waals surface area contributed by atoms with Gasteiger partial charge in [-0.05, 0) is 42.7 Å². The van der Waals surface area contributed by atoms with Crippen molar-refractivity contribution in [1.29, 1.82) is 5.26 Å². The molecule has 0 spiro atoms. The van der Waals surface area contributed by atoms with E-state index in [0.717, 1.165) is 23.9 Å². The minimum Gasteiger partial charge on any atom is -0.356 e. The van der Waals surface area contributed by atoms with Gasteiger partial charge in [-0.1, -0.05) is 34.1 Å². The van der Waals surface area contributed by atoms with Gasteiger partial charge in [-0.15, -0.1) is 24.0 Å². The third kappa shape index (κ3) is 5.42. The number of aliphatic imine (C=N–C) groups is 1. The topological polar surface area (TPSA) is 60.2 Å². The number of hydrogen-bond donors (Lipinski definition) is 2. The van der Waals surface area contributed by atoms with Gasteiger partial charge in [0.15, 0.2) is 5.96 Å². The Balaban J connectivity index is 0.00000261. The van der Waals surface area contributed by atoms with Gasteiger partial charge in [-0.2, -0.15) is 5.26 Å². The molecule has 0 saturated heterocycles. The summed E-state index contributed by atoms with van der Waals surface area (Å²) < 4.78 is 15.1. The van der Waals surface area contributed by atoms with E-state index in [1.165, 1.54) is 11.6 Å². The Kier molecular flexibility index (Phi) is 7.62. The van der Waals surface area contributed by atoms with E-state index in [0.29, 0.717) is 23.6 Å². The lowest BCUT2D eigenvalue weighted by atomic mass is 9.96. The van der Waals surface area contributed by atoms with Crippen molar-refractivity contribution in [2.75, 3.05) is 13.6 Å². The Morgan fingerprint density at radius 2 is 2.04 bits per heavy atom. The molecular weight excluding hydrogens is 522 g/mol. The molecule has 1 aliphatic carbocycles. The molecule has 3 rings (SSSR count). The van der Waals surface area contributed by atoms with E-state index in [1.54, 1.807) is 19.2 Å². The lowest BCUT2D eigenvalue weighted by molar-refractivity contribution is 0.601. The Morgan fingerprint density at radius 3 is 2.63 bits per heavy atom. The zero-order chi connectivity index (χ0) is 18.6. The van der Waals surface area contributed by atoms with Gasteiger partial charge in [0, 0.05) is 35.6 Å². The van der Waals surface area contributed by atoms with E-state index in [9.17, 15) is 4.39 Å². The van der Waals surface area contributed by atoms with Crippen LogP contribution in [0.3, 0.4) is 0 Å². The van der Waals surface area contributed by atoms with Crippen molar-refractivity contribution in [3.05, 3.63) is 69.4 Å². The summed E-state index contributed by atoms with van der Waals surface area (Å²) in [5.41, 5.74) is 2.27. The Hall–Kier alpha value is -1.66. The molecule has 2 N–H and O–H groups in total. The SMILES string of the molecule is CN=C(NCc1ccc(C#N)cc1F)NCC1(c2cccc(Br)c2)CC1.I. The smallest absolute Gasteiger partial charge is 0.191 e. The zero-order valence-corrected chi connectivity index (χ0v) is 18.8. The second-order valence-corrected chi connectivity index (χ2v) is 7.40. The predicted octanol–water partition coefficient (Wildman–Crippen LogP) is 4.47. The van der Waals surface area contributed by atoms with Gasteiger partial charge < -0.3 is 10.6 Å². The van der Waals surface area contributed by atoms with Crippen molar-refractivity contribution < 1.29 is 4.39 Å². The third-order valence-corrected chi connectivity index (χ3v) is 5.23. The highest BCUT2D eigenvalue weighted by Crippen LogP contribution is 2.48. The van der Waals surface area contributed by atoms with Crippen molar-refractivity contribution in [2.24, 2.45) is 4.99 Å². The first-order chi connectivity index (χ1) is 12.6. The Labute approximate surface area is 184 Å². The lowest BCUT2D eigenvalue weighted by Crippen LogP contribution is -2.41. The maximum atomic E-state index is 14.0. The molecule has 0 unspecified atom stereocenters. The summed E-state index contributed by atoms with van der Waals surface area (Å²) in [7, 11) is 1.70. The number of nitrogens with one attached hydrogen (secondary N) is 2. The molecule has 0 bridgehead atoms. The van der Waals surface area contributed by atoms with Crippen LogP contribution in [0.4, 0.5) is 4.39 Å². The molecule has 0 heterocycles. The summed E-state index contributed by atoms with van der Waals surface area (Å²) in [5, 5.41) is 15.3. The number of benzene rings is 2. The Morgan fingerprint density at radius 1 is 1.26 bits per heavy atom. The number of nitrogens with zero attached hydrogens (tertiary/aromatic N) is 2. The molecule has 0 aromatic heterocycles. The number of guanidine groups is 1. The highest BCUT2D eigenvalue weighted by molar-refractivity contribution is 14.0. The average molecular weight is 543 g/mol. The van der Waals surface area contributed by atoms with Gasteiger partial charge in [0.2, 0.25) is 0 Å². The van der Waals surface area contributed by atoms with Crippen LogP contribution in [0.25, 0.3) is 0 Å². The minimum atomic E-state index is -0.389. The second-order valence-electron chi connectivity index (χ2n) is 6.49. The van der Waals surface area contributed by atoms with Gasteiger partial charge in [0.1, 0.15) is 5.82 Å². The molecule has 0 aliphatic heterocycles. The van der Waals surface area contributed by atoms with E-state index in [2.05, 4.69) is 49.8 Å². The fraction of sp³-hybridized carbons (Fsp3) is 0.300. The van der Waals surface area contributed by atoms with Crippen LogP contribution in [-0.2, 0) is 12.0 Å². The van der Waals surface area contributed by atoms with Crippen molar-refractivity contribution >= 4 is 45.9 Å². The average Bonchev–Trinajstić information content (AvgIpc) is 3.44. The van der Waals surface area contributed by atoms with Crippen LogP contribution < -0.4 is 10.6 Å². The van der Waals surface area contributed by atoms with Crippen molar-refractivity contribution in [3.63, 3.8) is 0 Å². The predicted molar refractivity (Wildman–Crippen MR) is 120 cm³/mol. The van der Waals surface area contributed by atoms with Gasteiger partial charge in [-0.25, -0.2) is 4.39 Å². The summed E-state index contributed by atoms with van der Waals surface area (Å²) in [6, 6.07) is 14.8. The molecule has 2 aromatic carbocycles. The largest absolute Gasteiger partial charge is 0.356 e. The minimum absolute atomic E-state index is 0. The number of rotatable bonds is 5. The molecule has 1 aliphatic rings. The Bertz CT molecular complexity index is 875. The first kappa shape index (κ1) is 21.6. The molecule has 27 heavy (non-hydrogen) atoms. The molecular formula is C20H21BrFIN4. The lowest BCUT2D eigenvalue weighted by Gasteiger charge is -2.19. The van der Waals surface area contributed by atoms with Crippen molar-refractivity contribution in [2.45, 2.75) is 24.8 Å². The van der Waals surface area contributed by atoms with E-state index in [4.69, 9.17) is 5.26 Å². The number of halogens is 3. The monoisotopic (exact) mass is 542 g/mol. The van der Waals surface area contributed by atoms with Gasteiger partial charge >= 0.3 is 0 Å².